The Balaban J connectivity index is 1.50. The van der Waals surface area contributed by atoms with Crippen molar-refractivity contribution < 1.29 is 14.4 Å². The molecule has 3 amide bonds. The van der Waals surface area contributed by atoms with E-state index in [2.05, 4.69) is 28.1 Å². The number of piperidine rings is 1. The third-order valence-corrected chi connectivity index (χ3v) is 8.29. The smallest absolute Gasteiger partial charge is 0.246 e. The van der Waals surface area contributed by atoms with Crippen molar-refractivity contribution in [1.82, 2.24) is 20.9 Å². The van der Waals surface area contributed by atoms with Crippen LogP contribution < -0.4 is 16.0 Å². The number of nitrogens with zero attached hydrogens (tertiary/aromatic N) is 1. The first kappa shape index (κ1) is 23.1. The molecule has 4 rings (SSSR count). The molecule has 1 aromatic carbocycles. The average molecular weight is 459 g/mol. The Morgan fingerprint density at radius 1 is 1.06 bits per heavy atom. The lowest BCUT2D eigenvalue weighted by Crippen LogP contribution is -2.60. The monoisotopic (exact) mass is 458 g/mol. The third kappa shape index (κ3) is 4.81. The van der Waals surface area contributed by atoms with Crippen LogP contribution in [-0.4, -0.2) is 58.9 Å². The summed E-state index contributed by atoms with van der Waals surface area (Å²) in [4.78, 5) is 41.2. The molecule has 3 N–H and O–H groups in total. The van der Waals surface area contributed by atoms with Crippen molar-refractivity contribution in [2.24, 2.45) is 0 Å². The van der Waals surface area contributed by atoms with E-state index in [0.29, 0.717) is 12.8 Å². The molecule has 174 valence electrons. The second-order valence-corrected chi connectivity index (χ2v) is 10.3. The van der Waals surface area contributed by atoms with Gasteiger partial charge < -0.3 is 20.9 Å². The van der Waals surface area contributed by atoms with Gasteiger partial charge in [-0.05, 0) is 75.8 Å². The predicted molar refractivity (Wildman–Crippen MR) is 126 cm³/mol. The van der Waals surface area contributed by atoms with Gasteiger partial charge in [0.1, 0.15) is 12.1 Å². The minimum absolute atomic E-state index is 0.00506. The van der Waals surface area contributed by atoms with E-state index < -0.39 is 12.1 Å². The molecular weight excluding hydrogens is 424 g/mol. The molecule has 32 heavy (non-hydrogen) atoms. The zero-order chi connectivity index (χ0) is 22.7. The molecule has 2 aliphatic heterocycles. The fourth-order valence-corrected chi connectivity index (χ4v) is 6.43. The van der Waals surface area contributed by atoms with Gasteiger partial charge in [-0.25, -0.2) is 0 Å². The Labute approximate surface area is 194 Å². The van der Waals surface area contributed by atoms with Crippen molar-refractivity contribution in [2.75, 3.05) is 12.8 Å². The molecule has 1 aliphatic carbocycles. The number of amides is 3. The van der Waals surface area contributed by atoms with E-state index in [1.807, 2.05) is 12.1 Å². The van der Waals surface area contributed by atoms with E-state index in [-0.39, 0.29) is 35.2 Å². The van der Waals surface area contributed by atoms with Gasteiger partial charge in [-0.2, -0.15) is 0 Å². The molecule has 0 spiro atoms. The van der Waals surface area contributed by atoms with Gasteiger partial charge in [0.2, 0.25) is 17.7 Å². The number of carbonyl (C=O) groups is 3. The summed E-state index contributed by atoms with van der Waals surface area (Å²) in [6.07, 6.45) is 6.07. The van der Waals surface area contributed by atoms with Crippen LogP contribution in [0.25, 0.3) is 0 Å². The van der Waals surface area contributed by atoms with Crippen LogP contribution in [0.15, 0.2) is 24.3 Å². The first-order valence-corrected chi connectivity index (χ1v) is 12.8. The topological polar surface area (TPSA) is 90.5 Å². The summed E-state index contributed by atoms with van der Waals surface area (Å²) in [5.74, 6) is 0.406. The number of hydrogen-bond acceptors (Lipinski definition) is 5. The minimum atomic E-state index is -0.584. The van der Waals surface area contributed by atoms with E-state index in [4.69, 9.17) is 0 Å². The molecule has 7 nitrogen and oxygen atoms in total. The maximum absolute atomic E-state index is 13.5. The quantitative estimate of drug-likeness (QED) is 0.629. The van der Waals surface area contributed by atoms with Crippen LogP contribution in [0.4, 0.5) is 0 Å². The lowest BCUT2D eigenvalue weighted by molar-refractivity contribution is -0.146. The summed E-state index contributed by atoms with van der Waals surface area (Å²) < 4.78 is 0. The van der Waals surface area contributed by atoms with Gasteiger partial charge in [0.25, 0.3) is 0 Å². The average Bonchev–Trinajstić information content (AvgIpc) is 2.97. The molecule has 2 heterocycles. The van der Waals surface area contributed by atoms with Crippen LogP contribution in [0, 0.1) is 0 Å². The zero-order valence-corrected chi connectivity index (χ0v) is 19.7. The molecule has 3 aliphatic rings. The molecular formula is C24H34N4O3S. The molecule has 0 radical (unpaired) electrons. The first-order valence-electron chi connectivity index (χ1n) is 11.8. The molecule has 2 saturated heterocycles. The number of hydrogen-bond donors (Lipinski definition) is 3. The van der Waals surface area contributed by atoms with Gasteiger partial charge in [-0.15, -0.1) is 11.8 Å². The highest BCUT2D eigenvalue weighted by Crippen LogP contribution is 2.35. The summed E-state index contributed by atoms with van der Waals surface area (Å²) in [5.41, 5.74) is 2.50. The number of carbonyl (C=O) groups excluding carboxylic acids is 3. The van der Waals surface area contributed by atoms with Crippen LogP contribution in [0.5, 0.6) is 0 Å². The van der Waals surface area contributed by atoms with Gasteiger partial charge >= 0.3 is 0 Å². The molecule has 0 saturated carbocycles. The Kier molecular flexibility index (Phi) is 7.40. The van der Waals surface area contributed by atoms with Crippen LogP contribution >= 0.6 is 11.8 Å². The highest BCUT2D eigenvalue weighted by molar-refractivity contribution is 7.99. The van der Waals surface area contributed by atoms with E-state index in [1.165, 1.54) is 11.1 Å². The highest BCUT2D eigenvalue weighted by atomic mass is 32.2. The number of nitrogens with one attached hydrogen (secondary N) is 3. The number of fused-ring (bicyclic) bond motifs is 2. The lowest BCUT2D eigenvalue weighted by Gasteiger charge is -2.41. The Morgan fingerprint density at radius 2 is 1.88 bits per heavy atom. The van der Waals surface area contributed by atoms with Crippen molar-refractivity contribution in [3.63, 3.8) is 0 Å². The summed E-state index contributed by atoms with van der Waals surface area (Å²) >= 11 is 1.73. The number of thioether (sulfide) groups is 1. The minimum Gasteiger partial charge on any atom is -0.347 e. The van der Waals surface area contributed by atoms with Gasteiger partial charge in [0, 0.05) is 0 Å². The second kappa shape index (κ2) is 10.3. The van der Waals surface area contributed by atoms with Crippen molar-refractivity contribution in [1.29, 1.82) is 0 Å². The third-order valence-electron chi connectivity index (χ3n) is 6.98. The zero-order valence-electron chi connectivity index (χ0n) is 18.9. The van der Waals surface area contributed by atoms with Crippen molar-refractivity contribution in [3.05, 3.63) is 35.4 Å². The fraction of sp³-hybridized carbons (Fsp3) is 0.625. The largest absolute Gasteiger partial charge is 0.347 e. The molecule has 2 fully saturated rings. The van der Waals surface area contributed by atoms with E-state index in [9.17, 15) is 14.4 Å². The standard InChI is InChI=1S/C24H34N4O3S/c1-15(25-2)22(29)27-19-13-14-32-21-12-6-11-20(28(21)24(19)31)23(30)26-18-10-5-8-16-7-3-4-9-17(16)18/h3-4,7,9,15,18-21,25H,5-6,8,10-14H2,1-2H3,(H,26,30)(H,27,29)/t15-,18?,19-,20-,21-/m0/s1. The molecule has 1 aromatic rings. The van der Waals surface area contributed by atoms with Crippen molar-refractivity contribution in [3.8, 4) is 0 Å². The summed E-state index contributed by atoms with van der Waals surface area (Å²) in [6, 6.07) is 6.86. The predicted octanol–water partition coefficient (Wildman–Crippen LogP) is 2.12. The van der Waals surface area contributed by atoms with E-state index >= 15 is 0 Å². The molecule has 5 atom stereocenters. The molecule has 8 heteroatoms. The Hall–Kier alpha value is -2.06. The van der Waals surface area contributed by atoms with Gasteiger partial charge in [0.15, 0.2) is 0 Å². The van der Waals surface area contributed by atoms with Crippen LogP contribution in [0.3, 0.4) is 0 Å². The van der Waals surface area contributed by atoms with Crippen molar-refractivity contribution >= 4 is 29.5 Å². The first-order chi connectivity index (χ1) is 15.5. The fourth-order valence-electron chi connectivity index (χ4n) is 5.04. The van der Waals surface area contributed by atoms with Crippen LogP contribution in [-0.2, 0) is 20.8 Å². The number of rotatable bonds is 5. The number of aryl methyl sites for hydroxylation is 1. The van der Waals surface area contributed by atoms with Gasteiger partial charge in [-0.1, -0.05) is 24.3 Å². The van der Waals surface area contributed by atoms with Gasteiger partial charge in [-0.3, -0.25) is 14.4 Å². The maximum Gasteiger partial charge on any atom is 0.246 e. The molecule has 0 aromatic heterocycles. The summed E-state index contributed by atoms with van der Waals surface area (Å²) in [6.45, 7) is 1.77. The van der Waals surface area contributed by atoms with Crippen LogP contribution in [0.1, 0.15) is 62.6 Å². The van der Waals surface area contributed by atoms with E-state index in [1.54, 1.807) is 30.6 Å². The Bertz CT molecular complexity index is 863. The van der Waals surface area contributed by atoms with Crippen molar-refractivity contribution in [2.45, 2.75) is 81.4 Å². The van der Waals surface area contributed by atoms with Gasteiger partial charge in [0.05, 0.1) is 17.5 Å². The van der Waals surface area contributed by atoms with E-state index in [0.717, 1.165) is 37.9 Å². The SMILES string of the molecule is CN[C@@H](C)C(=O)N[C@H]1CCS[C@H]2CCC[C@@H](C(=O)NC3CCCc4ccccc43)N2C1=O. The lowest BCUT2D eigenvalue weighted by atomic mass is 9.87. The Morgan fingerprint density at radius 3 is 2.69 bits per heavy atom. The number of likely N-dealkylation sites (N-methyl/N-ethyl adjacent to an activating group) is 1. The molecule has 1 unspecified atom stereocenters. The maximum atomic E-state index is 13.5. The number of benzene rings is 1. The van der Waals surface area contributed by atoms with Crippen LogP contribution in [0.2, 0.25) is 0 Å². The second-order valence-electron chi connectivity index (χ2n) is 9.03. The highest BCUT2D eigenvalue weighted by Gasteiger charge is 2.43. The summed E-state index contributed by atoms with van der Waals surface area (Å²) in [7, 11) is 1.72. The molecule has 0 bridgehead atoms. The summed E-state index contributed by atoms with van der Waals surface area (Å²) in [5, 5.41) is 9.08. The normalized spacial score (nSPS) is 28.7.